The Morgan fingerprint density at radius 1 is 1.08 bits per heavy atom. The minimum atomic E-state index is -0.920. The van der Waals surface area contributed by atoms with Gasteiger partial charge < -0.3 is 15.7 Å². The molecule has 6 heteroatoms. The molecule has 3 rings (SSSR count). The molecule has 2 amide bonds. The Morgan fingerprint density at radius 3 is 2.33 bits per heavy atom. The maximum atomic E-state index is 12.6. The van der Waals surface area contributed by atoms with E-state index < -0.39 is 17.8 Å². The molecule has 0 unspecified atom stereocenters. The number of fused-ring (bicyclic) bond motifs is 2. The summed E-state index contributed by atoms with van der Waals surface area (Å²) in [7, 11) is 0. The van der Waals surface area contributed by atoms with Crippen molar-refractivity contribution in [2.24, 2.45) is 23.7 Å². The van der Waals surface area contributed by atoms with Crippen molar-refractivity contribution < 1.29 is 19.5 Å². The van der Waals surface area contributed by atoms with E-state index in [2.05, 4.69) is 10.6 Å². The largest absolute Gasteiger partial charge is 0.481 e. The summed E-state index contributed by atoms with van der Waals surface area (Å²) in [4.78, 5) is 35.6. The Labute approximate surface area is 139 Å². The third-order valence-electron chi connectivity index (χ3n) is 4.78. The maximum absolute atomic E-state index is 12.6. The van der Waals surface area contributed by atoms with Gasteiger partial charge in [-0.25, -0.2) is 0 Å². The van der Waals surface area contributed by atoms with Crippen LogP contribution in [0.25, 0.3) is 0 Å². The van der Waals surface area contributed by atoms with Gasteiger partial charge in [0.1, 0.15) is 0 Å². The Kier molecular flexibility index (Phi) is 4.38. The molecule has 0 aliphatic heterocycles. The number of carboxylic acid groups (broad SMARTS) is 1. The zero-order valence-electron chi connectivity index (χ0n) is 13.4. The SMILES string of the molecule is CCC(=O)Nc1cccc(NC(=O)[C@@H]2[C@@H](C(=O)O)[C@H]3C=C[C@H]2C3)c1. The second-order valence-electron chi connectivity index (χ2n) is 6.31. The normalized spacial score (nSPS) is 27.0. The fourth-order valence-electron chi connectivity index (χ4n) is 3.67. The molecule has 0 heterocycles. The Morgan fingerprint density at radius 2 is 1.71 bits per heavy atom. The molecule has 0 radical (unpaired) electrons. The summed E-state index contributed by atoms with van der Waals surface area (Å²) < 4.78 is 0. The van der Waals surface area contributed by atoms with Gasteiger partial charge in [-0.3, -0.25) is 14.4 Å². The molecule has 0 aromatic heterocycles. The molecule has 4 atom stereocenters. The molecule has 126 valence electrons. The first kappa shape index (κ1) is 16.2. The van der Waals surface area contributed by atoms with Crippen LogP contribution in [-0.2, 0) is 14.4 Å². The van der Waals surface area contributed by atoms with E-state index in [4.69, 9.17) is 0 Å². The first-order valence-corrected chi connectivity index (χ1v) is 8.11. The van der Waals surface area contributed by atoms with Crippen LogP contribution in [-0.4, -0.2) is 22.9 Å². The lowest BCUT2D eigenvalue weighted by Crippen LogP contribution is -2.36. The highest BCUT2D eigenvalue weighted by Crippen LogP contribution is 2.48. The molecular formula is C18H20N2O4. The lowest BCUT2D eigenvalue weighted by Gasteiger charge is -2.24. The Balaban J connectivity index is 1.73. The van der Waals surface area contributed by atoms with Crippen molar-refractivity contribution in [2.75, 3.05) is 10.6 Å². The lowest BCUT2D eigenvalue weighted by molar-refractivity contribution is -0.146. The van der Waals surface area contributed by atoms with E-state index in [-0.39, 0.29) is 23.7 Å². The lowest BCUT2D eigenvalue weighted by atomic mass is 9.82. The monoisotopic (exact) mass is 328 g/mol. The zero-order valence-corrected chi connectivity index (χ0v) is 13.4. The van der Waals surface area contributed by atoms with Gasteiger partial charge >= 0.3 is 5.97 Å². The molecule has 1 aromatic carbocycles. The molecule has 3 N–H and O–H groups in total. The van der Waals surface area contributed by atoms with Crippen LogP contribution in [0.4, 0.5) is 11.4 Å². The topological polar surface area (TPSA) is 95.5 Å². The smallest absolute Gasteiger partial charge is 0.307 e. The van der Waals surface area contributed by atoms with Gasteiger partial charge in [0.25, 0.3) is 0 Å². The Hall–Kier alpha value is -2.63. The average Bonchev–Trinajstić information content (AvgIpc) is 3.15. The maximum Gasteiger partial charge on any atom is 0.307 e. The van der Waals surface area contributed by atoms with Gasteiger partial charge in [-0.15, -0.1) is 0 Å². The van der Waals surface area contributed by atoms with Crippen LogP contribution in [0, 0.1) is 23.7 Å². The van der Waals surface area contributed by atoms with Crippen molar-refractivity contribution >= 4 is 29.2 Å². The van der Waals surface area contributed by atoms with Crippen LogP contribution in [0.3, 0.4) is 0 Å². The highest BCUT2D eigenvalue weighted by atomic mass is 16.4. The van der Waals surface area contributed by atoms with Crippen LogP contribution in [0.5, 0.6) is 0 Å². The zero-order chi connectivity index (χ0) is 17.3. The molecule has 24 heavy (non-hydrogen) atoms. The van der Waals surface area contributed by atoms with Crippen molar-refractivity contribution in [3.8, 4) is 0 Å². The van der Waals surface area contributed by atoms with Gasteiger partial charge in [0, 0.05) is 17.8 Å². The predicted molar refractivity (Wildman–Crippen MR) is 89.3 cm³/mol. The summed E-state index contributed by atoms with van der Waals surface area (Å²) in [6.07, 6.45) is 4.95. The first-order chi connectivity index (χ1) is 11.5. The molecule has 1 fully saturated rings. The van der Waals surface area contributed by atoms with E-state index in [1.165, 1.54) is 0 Å². The second-order valence-corrected chi connectivity index (χ2v) is 6.31. The first-order valence-electron chi connectivity index (χ1n) is 8.11. The standard InChI is InChI=1S/C18H20N2O4/c1-2-14(21)19-12-4-3-5-13(9-12)20-17(22)15-10-6-7-11(8-10)16(15)18(23)24/h3-7,9-11,15-16H,2,8H2,1H3,(H,19,21)(H,20,22)(H,23,24)/t10-,11-,15-,16-/m0/s1. The van der Waals surface area contributed by atoms with E-state index in [0.29, 0.717) is 17.8 Å². The van der Waals surface area contributed by atoms with Crippen LogP contribution < -0.4 is 10.6 Å². The van der Waals surface area contributed by atoms with Gasteiger partial charge in [-0.2, -0.15) is 0 Å². The number of amides is 2. The van der Waals surface area contributed by atoms with Gasteiger partial charge in [-0.05, 0) is 36.5 Å². The predicted octanol–water partition coefficient (Wildman–Crippen LogP) is 2.50. The minimum absolute atomic E-state index is 0.0147. The number of allylic oxidation sites excluding steroid dienone is 2. The van der Waals surface area contributed by atoms with Gasteiger partial charge in [0.2, 0.25) is 11.8 Å². The number of anilines is 2. The van der Waals surface area contributed by atoms with Gasteiger partial charge in [0.05, 0.1) is 11.8 Å². The van der Waals surface area contributed by atoms with Crippen molar-refractivity contribution in [3.05, 3.63) is 36.4 Å². The van der Waals surface area contributed by atoms with Crippen LogP contribution in [0.15, 0.2) is 36.4 Å². The molecule has 6 nitrogen and oxygen atoms in total. The summed E-state index contributed by atoms with van der Waals surface area (Å²) in [6.45, 7) is 1.76. The molecule has 1 saturated carbocycles. The van der Waals surface area contributed by atoms with Crippen LogP contribution >= 0.6 is 0 Å². The number of aliphatic carboxylic acids is 1. The Bertz CT molecular complexity index is 713. The fourth-order valence-corrected chi connectivity index (χ4v) is 3.67. The summed E-state index contributed by atoms with van der Waals surface area (Å²) in [5.74, 6) is -2.59. The highest BCUT2D eigenvalue weighted by molar-refractivity contribution is 5.97. The molecular weight excluding hydrogens is 308 g/mol. The quantitative estimate of drug-likeness (QED) is 0.724. The fraction of sp³-hybridized carbons (Fsp3) is 0.389. The number of carbonyl (C=O) groups is 3. The number of rotatable bonds is 5. The average molecular weight is 328 g/mol. The molecule has 0 saturated heterocycles. The van der Waals surface area contributed by atoms with Crippen molar-refractivity contribution in [1.29, 1.82) is 0 Å². The molecule has 2 aliphatic carbocycles. The van der Waals surface area contributed by atoms with E-state index in [1.54, 1.807) is 31.2 Å². The van der Waals surface area contributed by atoms with E-state index in [9.17, 15) is 19.5 Å². The second kappa shape index (κ2) is 6.47. The van der Waals surface area contributed by atoms with Crippen molar-refractivity contribution in [2.45, 2.75) is 19.8 Å². The van der Waals surface area contributed by atoms with Crippen LogP contribution in [0.1, 0.15) is 19.8 Å². The van der Waals surface area contributed by atoms with E-state index >= 15 is 0 Å². The minimum Gasteiger partial charge on any atom is -0.481 e. The summed E-state index contributed by atoms with van der Waals surface area (Å²) in [5, 5.41) is 15.0. The summed E-state index contributed by atoms with van der Waals surface area (Å²) in [5.41, 5.74) is 1.15. The summed E-state index contributed by atoms with van der Waals surface area (Å²) in [6, 6.07) is 6.86. The van der Waals surface area contributed by atoms with Gasteiger partial charge in [0.15, 0.2) is 0 Å². The van der Waals surface area contributed by atoms with Gasteiger partial charge in [-0.1, -0.05) is 25.1 Å². The molecule has 1 aromatic rings. The molecule has 2 aliphatic rings. The van der Waals surface area contributed by atoms with Crippen LogP contribution in [0.2, 0.25) is 0 Å². The number of carbonyl (C=O) groups excluding carboxylic acids is 2. The van der Waals surface area contributed by atoms with Crippen molar-refractivity contribution in [3.63, 3.8) is 0 Å². The number of hydrogen-bond acceptors (Lipinski definition) is 3. The number of nitrogens with one attached hydrogen (secondary N) is 2. The third kappa shape index (κ3) is 3.04. The van der Waals surface area contributed by atoms with E-state index in [1.807, 2.05) is 12.2 Å². The highest BCUT2D eigenvalue weighted by Gasteiger charge is 2.51. The third-order valence-corrected chi connectivity index (χ3v) is 4.78. The molecule has 0 spiro atoms. The number of carboxylic acids is 1. The van der Waals surface area contributed by atoms with E-state index in [0.717, 1.165) is 6.42 Å². The van der Waals surface area contributed by atoms with Crippen molar-refractivity contribution in [1.82, 2.24) is 0 Å². The summed E-state index contributed by atoms with van der Waals surface area (Å²) >= 11 is 0. The number of hydrogen-bond donors (Lipinski definition) is 3. The molecule has 2 bridgehead atoms. The number of benzene rings is 1.